The molecule has 2 N–H and O–H groups in total. The fourth-order valence-corrected chi connectivity index (χ4v) is 1.67. The van der Waals surface area contributed by atoms with Gasteiger partial charge in [0.25, 0.3) is 0 Å². The minimum absolute atomic E-state index is 0.751. The molecular formula is C14H12N4O. The second-order valence-electron chi connectivity index (χ2n) is 3.94. The Hall–Kier alpha value is -2.82. The summed E-state index contributed by atoms with van der Waals surface area (Å²) < 4.78 is 5.22. The summed E-state index contributed by atoms with van der Waals surface area (Å²) >= 11 is 0. The maximum atomic E-state index is 5.22. The number of hydrogen-bond acceptors (Lipinski definition) is 4. The predicted molar refractivity (Wildman–Crippen MR) is 73.9 cm³/mol. The van der Waals surface area contributed by atoms with Crippen molar-refractivity contribution in [2.45, 2.75) is 0 Å². The van der Waals surface area contributed by atoms with Crippen molar-refractivity contribution in [1.82, 2.24) is 9.97 Å². The van der Waals surface area contributed by atoms with Crippen LogP contribution in [0.25, 0.3) is 11.3 Å². The van der Waals surface area contributed by atoms with Gasteiger partial charge >= 0.3 is 0 Å². The van der Waals surface area contributed by atoms with E-state index in [0.717, 1.165) is 22.7 Å². The molecule has 0 amide bonds. The number of benzene rings is 1. The molecule has 2 heterocycles. The van der Waals surface area contributed by atoms with Crippen LogP contribution in [0.3, 0.4) is 0 Å². The first-order valence-corrected chi connectivity index (χ1v) is 5.83. The van der Waals surface area contributed by atoms with Crippen molar-refractivity contribution in [2.75, 3.05) is 5.43 Å². The minimum atomic E-state index is 0.751. The number of aromatic nitrogens is 2. The molecule has 94 valence electrons. The molecule has 1 aromatic carbocycles. The van der Waals surface area contributed by atoms with Crippen LogP contribution in [0.15, 0.2) is 64.7 Å². The summed E-state index contributed by atoms with van der Waals surface area (Å²) in [7, 11) is 0. The van der Waals surface area contributed by atoms with Crippen molar-refractivity contribution < 1.29 is 4.42 Å². The van der Waals surface area contributed by atoms with Crippen molar-refractivity contribution in [3.05, 3.63) is 60.9 Å². The van der Waals surface area contributed by atoms with E-state index in [1.165, 1.54) is 6.39 Å². The van der Waals surface area contributed by atoms with Gasteiger partial charge in [-0.3, -0.25) is 5.43 Å². The van der Waals surface area contributed by atoms with Crippen molar-refractivity contribution in [2.24, 2.45) is 5.10 Å². The van der Waals surface area contributed by atoms with Gasteiger partial charge in [0, 0.05) is 11.8 Å². The van der Waals surface area contributed by atoms with Gasteiger partial charge in [0.05, 0.1) is 23.8 Å². The van der Waals surface area contributed by atoms with E-state index in [1.54, 1.807) is 12.4 Å². The second kappa shape index (κ2) is 5.22. The van der Waals surface area contributed by atoms with Crippen LogP contribution in [0.4, 0.5) is 5.69 Å². The largest absolute Gasteiger partial charge is 0.444 e. The van der Waals surface area contributed by atoms with E-state index >= 15 is 0 Å². The number of rotatable bonds is 4. The van der Waals surface area contributed by atoms with Gasteiger partial charge in [-0.05, 0) is 36.4 Å². The number of oxazole rings is 1. The SMILES string of the molecule is C(=N\Nc1ccc(-c2cnco2)cc1)/c1ccc[nH]1. The first-order chi connectivity index (χ1) is 9.42. The molecule has 0 unspecified atom stereocenters. The van der Waals surface area contributed by atoms with Crippen LogP contribution in [0.2, 0.25) is 0 Å². The lowest BCUT2D eigenvalue weighted by Gasteiger charge is -2.01. The third kappa shape index (κ3) is 2.71. The van der Waals surface area contributed by atoms with Crippen LogP contribution >= 0.6 is 0 Å². The zero-order chi connectivity index (χ0) is 12.9. The van der Waals surface area contributed by atoms with Crippen LogP contribution in [0, 0.1) is 0 Å². The van der Waals surface area contributed by atoms with Gasteiger partial charge in [-0.1, -0.05) is 0 Å². The first kappa shape index (κ1) is 11.3. The summed E-state index contributed by atoms with van der Waals surface area (Å²) in [5.41, 5.74) is 5.80. The average molecular weight is 252 g/mol. The van der Waals surface area contributed by atoms with Crippen molar-refractivity contribution in [3.63, 3.8) is 0 Å². The topological polar surface area (TPSA) is 66.2 Å². The first-order valence-electron chi connectivity index (χ1n) is 5.83. The number of nitrogens with zero attached hydrogens (tertiary/aromatic N) is 2. The number of hydrogen-bond donors (Lipinski definition) is 2. The summed E-state index contributed by atoms with van der Waals surface area (Å²) in [6, 6.07) is 11.6. The maximum absolute atomic E-state index is 5.22. The summed E-state index contributed by atoms with van der Waals surface area (Å²) in [5.74, 6) is 0.751. The Kier molecular flexibility index (Phi) is 3.10. The second-order valence-corrected chi connectivity index (χ2v) is 3.94. The molecule has 0 saturated heterocycles. The molecule has 3 rings (SSSR count). The van der Waals surface area contributed by atoms with Crippen LogP contribution in [-0.4, -0.2) is 16.2 Å². The lowest BCUT2D eigenvalue weighted by molar-refractivity contribution is 0.572. The number of H-pyrrole nitrogens is 1. The number of anilines is 1. The van der Waals surface area contributed by atoms with Gasteiger partial charge in [0.2, 0.25) is 0 Å². The highest BCUT2D eigenvalue weighted by atomic mass is 16.3. The molecule has 0 spiro atoms. The molecular weight excluding hydrogens is 240 g/mol. The molecule has 0 bridgehead atoms. The third-order valence-corrected chi connectivity index (χ3v) is 2.62. The Balaban J connectivity index is 1.66. The zero-order valence-corrected chi connectivity index (χ0v) is 10.1. The summed E-state index contributed by atoms with van der Waals surface area (Å²) in [4.78, 5) is 6.93. The monoisotopic (exact) mass is 252 g/mol. The molecule has 0 saturated carbocycles. The molecule has 3 aromatic rings. The summed E-state index contributed by atoms with van der Waals surface area (Å²) in [6.45, 7) is 0. The lowest BCUT2D eigenvalue weighted by Crippen LogP contribution is -1.90. The number of aromatic amines is 1. The van der Waals surface area contributed by atoms with E-state index in [1.807, 2.05) is 42.6 Å². The van der Waals surface area contributed by atoms with Crippen molar-refractivity contribution in [1.29, 1.82) is 0 Å². The molecule has 19 heavy (non-hydrogen) atoms. The molecule has 5 heteroatoms. The van der Waals surface area contributed by atoms with E-state index in [4.69, 9.17) is 4.42 Å². The minimum Gasteiger partial charge on any atom is -0.444 e. The van der Waals surface area contributed by atoms with E-state index in [9.17, 15) is 0 Å². The van der Waals surface area contributed by atoms with Crippen LogP contribution in [-0.2, 0) is 0 Å². The normalized spacial score (nSPS) is 10.9. The van der Waals surface area contributed by atoms with Crippen LogP contribution < -0.4 is 5.43 Å². The summed E-state index contributed by atoms with van der Waals surface area (Å²) in [5, 5.41) is 4.13. The smallest absolute Gasteiger partial charge is 0.181 e. The maximum Gasteiger partial charge on any atom is 0.181 e. The van der Waals surface area contributed by atoms with Crippen LogP contribution in [0.5, 0.6) is 0 Å². The van der Waals surface area contributed by atoms with Crippen molar-refractivity contribution in [3.8, 4) is 11.3 Å². The van der Waals surface area contributed by atoms with Gasteiger partial charge in [-0.15, -0.1) is 0 Å². The van der Waals surface area contributed by atoms with Crippen molar-refractivity contribution >= 4 is 11.9 Å². The van der Waals surface area contributed by atoms with E-state index in [0.29, 0.717) is 0 Å². The highest BCUT2D eigenvalue weighted by molar-refractivity contribution is 5.77. The Morgan fingerprint density at radius 1 is 1.21 bits per heavy atom. The predicted octanol–water partition coefficient (Wildman–Crippen LogP) is 3.12. The number of nitrogens with one attached hydrogen (secondary N) is 2. The molecule has 5 nitrogen and oxygen atoms in total. The lowest BCUT2D eigenvalue weighted by atomic mass is 10.2. The molecule has 0 aliphatic rings. The molecule has 0 aliphatic heterocycles. The number of hydrazone groups is 1. The quantitative estimate of drug-likeness (QED) is 0.553. The van der Waals surface area contributed by atoms with Crippen LogP contribution in [0.1, 0.15) is 5.69 Å². The third-order valence-electron chi connectivity index (χ3n) is 2.62. The highest BCUT2D eigenvalue weighted by Crippen LogP contribution is 2.20. The standard InChI is InChI=1S/C14H12N4O/c1-2-13(16-7-1)8-17-18-12-5-3-11(4-6-12)14-9-15-10-19-14/h1-10,16,18H/b17-8+. The van der Waals surface area contributed by atoms with Gasteiger partial charge in [0.1, 0.15) is 0 Å². The fourth-order valence-electron chi connectivity index (χ4n) is 1.67. The Bertz CT molecular complexity index is 639. The summed E-state index contributed by atoms with van der Waals surface area (Å²) in [6.07, 6.45) is 6.69. The van der Waals surface area contributed by atoms with Gasteiger partial charge in [0.15, 0.2) is 12.2 Å². The Morgan fingerprint density at radius 3 is 2.79 bits per heavy atom. The van der Waals surface area contributed by atoms with Gasteiger partial charge in [-0.2, -0.15) is 5.10 Å². The average Bonchev–Trinajstić information content (AvgIpc) is 3.13. The van der Waals surface area contributed by atoms with Gasteiger partial charge < -0.3 is 9.40 Å². The fraction of sp³-hybridized carbons (Fsp3) is 0. The molecule has 2 aromatic heterocycles. The molecule has 0 fully saturated rings. The Labute approximate surface area is 110 Å². The molecule has 0 aliphatic carbocycles. The highest BCUT2D eigenvalue weighted by Gasteiger charge is 2.00. The zero-order valence-electron chi connectivity index (χ0n) is 10.1. The molecule has 0 atom stereocenters. The Morgan fingerprint density at radius 2 is 2.11 bits per heavy atom. The van der Waals surface area contributed by atoms with E-state index < -0.39 is 0 Å². The van der Waals surface area contributed by atoms with E-state index in [2.05, 4.69) is 20.5 Å². The molecule has 0 radical (unpaired) electrons. The van der Waals surface area contributed by atoms with E-state index in [-0.39, 0.29) is 0 Å². The van der Waals surface area contributed by atoms with Gasteiger partial charge in [-0.25, -0.2) is 4.98 Å².